The molecule has 1 atom stereocenters. The number of ketones is 1. The standard InChI is InChI=1S/C13H17FO/c1-9(2)13(15)10(3)8-11-4-6-12(14)7-5-11/h4-7,9-10H,8H2,1-3H3. The van der Waals surface area contributed by atoms with Gasteiger partial charge < -0.3 is 0 Å². The molecule has 0 fully saturated rings. The monoisotopic (exact) mass is 208 g/mol. The molecule has 0 spiro atoms. The van der Waals surface area contributed by atoms with Crippen molar-refractivity contribution < 1.29 is 9.18 Å². The van der Waals surface area contributed by atoms with Gasteiger partial charge in [0.2, 0.25) is 0 Å². The summed E-state index contributed by atoms with van der Waals surface area (Å²) in [5, 5.41) is 0. The van der Waals surface area contributed by atoms with Crippen LogP contribution in [0.2, 0.25) is 0 Å². The highest BCUT2D eigenvalue weighted by Crippen LogP contribution is 2.13. The van der Waals surface area contributed by atoms with Crippen molar-refractivity contribution in [3.8, 4) is 0 Å². The molecule has 1 unspecified atom stereocenters. The van der Waals surface area contributed by atoms with Crippen LogP contribution < -0.4 is 0 Å². The van der Waals surface area contributed by atoms with Crippen LogP contribution in [0.15, 0.2) is 24.3 Å². The van der Waals surface area contributed by atoms with Gasteiger partial charge in [0.05, 0.1) is 0 Å². The maximum absolute atomic E-state index is 12.6. The van der Waals surface area contributed by atoms with Crippen molar-refractivity contribution in [1.82, 2.24) is 0 Å². The van der Waals surface area contributed by atoms with Gasteiger partial charge in [-0.2, -0.15) is 0 Å². The molecule has 0 saturated heterocycles. The topological polar surface area (TPSA) is 17.1 Å². The van der Waals surface area contributed by atoms with Crippen molar-refractivity contribution in [3.05, 3.63) is 35.6 Å². The second-order valence-electron chi connectivity index (χ2n) is 4.29. The number of Topliss-reactive ketones (excluding diaryl/α,β-unsaturated/α-hetero) is 1. The summed E-state index contributed by atoms with van der Waals surface area (Å²) in [5.41, 5.74) is 1.01. The van der Waals surface area contributed by atoms with E-state index in [-0.39, 0.29) is 23.4 Å². The Morgan fingerprint density at radius 2 is 1.73 bits per heavy atom. The molecule has 0 N–H and O–H groups in total. The third-order valence-electron chi connectivity index (χ3n) is 2.51. The van der Waals surface area contributed by atoms with Gasteiger partial charge in [-0.15, -0.1) is 0 Å². The van der Waals surface area contributed by atoms with E-state index in [1.54, 1.807) is 12.1 Å². The van der Waals surface area contributed by atoms with Gasteiger partial charge in [-0.25, -0.2) is 4.39 Å². The minimum atomic E-state index is -0.235. The molecular formula is C13H17FO. The second-order valence-corrected chi connectivity index (χ2v) is 4.29. The smallest absolute Gasteiger partial charge is 0.138 e. The first kappa shape index (κ1) is 11.9. The van der Waals surface area contributed by atoms with Crippen LogP contribution in [0.25, 0.3) is 0 Å². The third-order valence-corrected chi connectivity index (χ3v) is 2.51. The zero-order chi connectivity index (χ0) is 11.4. The summed E-state index contributed by atoms with van der Waals surface area (Å²) in [6.45, 7) is 5.73. The maximum atomic E-state index is 12.6. The molecule has 1 aromatic rings. The number of hydrogen-bond donors (Lipinski definition) is 0. The summed E-state index contributed by atoms with van der Waals surface area (Å²) in [6, 6.07) is 6.34. The first-order chi connectivity index (χ1) is 7.00. The van der Waals surface area contributed by atoms with Gasteiger partial charge in [0.25, 0.3) is 0 Å². The predicted molar refractivity (Wildman–Crippen MR) is 59.1 cm³/mol. The van der Waals surface area contributed by atoms with Crippen molar-refractivity contribution in [2.45, 2.75) is 27.2 Å². The van der Waals surface area contributed by atoms with Gasteiger partial charge in [-0.1, -0.05) is 32.9 Å². The molecule has 0 aliphatic heterocycles. The molecule has 0 amide bonds. The van der Waals surface area contributed by atoms with Crippen LogP contribution in [0.4, 0.5) is 4.39 Å². The maximum Gasteiger partial charge on any atom is 0.138 e. The van der Waals surface area contributed by atoms with Crippen LogP contribution in [0.5, 0.6) is 0 Å². The minimum Gasteiger partial charge on any atom is -0.299 e. The Bertz CT molecular complexity index is 327. The molecular weight excluding hydrogens is 191 g/mol. The fourth-order valence-corrected chi connectivity index (χ4v) is 1.64. The van der Waals surface area contributed by atoms with E-state index in [9.17, 15) is 9.18 Å². The molecule has 2 heteroatoms. The van der Waals surface area contributed by atoms with Crippen molar-refractivity contribution in [2.24, 2.45) is 11.8 Å². The van der Waals surface area contributed by atoms with Gasteiger partial charge >= 0.3 is 0 Å². The number of halogens is 1. The van der Waals surface area contributed by atoms with E-state index >= 15 is 0 Å². The van der Waals surface area contributed by atoms with E-state index < -0.39 is 0 Å². The minimum absolute atomic E-state index is 0.00969. The first-order valence-electron chi connectivity index (χ1n) is 5.29. The number of carbonyl (C=O) groups excluding carboxylic acids is 1. The Balaban J connectivity index is 2.62. The lowest BCUT2D eigenvalue weighted by atomic mass is 9.91. The highest BCUT2D eigenvalue weighted by molar-refractivity contribution is 5.82. The molecule has 0 aromatic heterocycles. The number of benzene rings is 1. The van der Waals surface area contributed by atoms with Crippen LogP contribution in [0.1, 0.15) is 26.3 Å². The molecule has 0 radical (unpaired) electrons. The van der Waals surface area contributed by atoms with Gasteiger partial charge in [0.15, 0.2) is 0 Å². The van der Waals surface area contributed by atoms with Crippen molar-refractivity contribution in [3.63, 3.8) is 0 Å². The Morgan fingerprint density at radius 3 is 2.20 bits per heavy atom. The lowest BCUT2D eigenvalue weighted by Gasteiger charge is -2.12. The van der Waals surface area contributed by atoms with E-state index in [2.05, 4.69) is 0 Å². The van der Waals surface area contributed by atoms with Crippen molar-refractivity contribution in [1.29, 1.82) is 0 Å². The Hall–Kier alpha value is -1.18. The Labute approximate surface area is 90.3 Å². The summed E-state index contributed by atoms with van der Waals surface area (Å²) in [5.74, 6) is 0.108. The van der Waals surface area contributed by atoms with Gasteiger partial charge in [0, 0.05) is 11.8 Å². The van der Waals surface area contributed by atoms with Crippen LogP contribution in [0, 0.1) is 17.7 Å². The van der Waals surface area contributed by atoms with Gasteiger partial charge in [0.1, 0.15) is 11.6 Å². The highest BCUT2D eigenvalue weighted by Gasteiger charge is 2.16. The Kier molecular flexibility index (Phi) is 4.01. The predicted octanol–water partition coefficient (Wildman–Crippen LogP) is 3.23. The molecule has 1 aromatic carbocycles. The normalized spacial score (nSPS) is 12.9. The molecule has 0 aliphatic carbocycles. The highest BCUT2D eigenvalue weighted by atomic mass is 19.1. The first-order valence-corrected chi connectivity index (χ1v) is 5.29. The SMILES string of the molecule is CC(C)C(=O)C(C)Cc1ccc(F)cc1. The quantitative estimate of drug-likeness (QED) is 0.742. The summed E-state index contributed by atoms with van der Waals surface area (Å²) >= 11 is 0. The summed E-state index contributed by atoms with van der Waals surface area (Å²) < 4.78 is 12.6. The van der Waals surface area contributed by atoms with E-state index in [0.717, 1.165) is 5.56 Å². The van der Waals surface area contributed by atoms with Crippen molar-refractivity contribution in [2.75, 3.05) is 0 Å². The zero-order valence-corrected chi connectivity index (χ0v) is 9.46. The molecule has 1 nitrogen and oxygen atoms in total. The zero-order valence-electron chi connectivity index (χ0n) is 9.46. The van der Waals surface area contributed by atoms with Gasteiger partial charge in [-0.05, 0) is 24.1 Å². The average molecular weight is 208 g/mol. The molecule has 0 aliphatic rings. The molecule has 0 bridgehead atoms. The summed E-state index contributed by atoms with van der Waals surface area (Å²) in [6.07, 6.45) is 0.692. The molecule has 82 valence electrons. The molecule has 0 heterocycles. The molecule has 0 saturated carbocycles. The fourth-order valence-electron chi connectivity index (χ4n) is 1.64. The van der Waals surface area contributed by atoms with E-state index in [4.69, 9.17) is 0 Å². The summed E-state index contributed by atoms with van der Waals surface area (Å²) in [4.78, 5) is 11.6. The van der Waals surface area contributed by atoms with Crippen LogP contribution >= 0.6 is 0 Å². The Morgan fingerprint density at radius 1 is 1.20 bits per heavy atom. The lowest BCUT2D eigenvalue weighted by Crippen LogP contribution is -2.19. The van der Waals surface area contributed by atoms with E-state index in [1.165, 1.54) is 12.1 Å². The van der Waals surface area contributed by atoms with Gasteiger partial charge in [-0.3, -0.25) is 4.79 Å². The second kappa shape index (κ2) is 5.06. The van der Waals surface area contributed by atoms with E-state index in [1.807, 2.05) is 20.8 Å². The average Bonchev–Trinajstić information content (AvgIpc) is 2.20. The van der Waals surface area contributed by atoms with Crippen LogP contribution in [-0.4, -0.2) is 5.78 Å². The van der Waals surface area contributed by atoms with E-state index in [0.29, 0.717) is 6.42 Å². The van der Waals surface area contributed by atoms with Crippen molar-refractivity contribution >= 4 is 5.78 Å². The largest absolute Gasteiger partial charge is 0.299 e. The lowest BCUT2D eigenvalue weighted by molar-refractivity contribution is -0.125. The number of carbonyl (C=O) groups is 1. The molecule has 15 heavy (non-hydrogen) atoms. The van der Waals surface area contributed by atoms with Crippen LogP contribution in [0.3, 0.4) is 0 Å². The number of hydrogen-bond acceptors (Lipinski definition) is 1. The number of rotatable bonds is 4. The summed E-state index contributed by atoms with van der Waals surface area (Å²) in [7, 11) is 0. The third kappa shape index (κ3) is 3.46. The van der Waals surface area contributed by atoms with Crippen LogP contribution in [-0.2, 0) is 11.2 Å². The molecule has 1 rings (SSSR count). The fraction of sp³-hybridized carbons (Fsp3) is 0.462.